The predicted molar refractivity (Wildman–Crippen MR) is 70.2 cm³/mol. The van der Waals surface area contributed by atoms with Crippen LogP contribution in [0.2, 0.25) is 0 Å². The molecule has 104 valence electrons. The number of oxime groups is 1. The molecule has 0 aliphatic heterocycles. The van der Waals surface area contributed by atoms with E-state index in [2.05, 4.69) is 5.16 Å². The average Bonchev–Trinajstić information content (AvgIpc) is 2.46. The third-order valence-electron chi connectivity index (χ3n) is 2.61. The molecule has 0 N–H and O–H groups in total. The van der Waals surface area contributed by atoms with Crippen LogP contribution in [0.25, 0.3) is 0 Å². The van der Waals surface area contributed by atoms with Gasteiger partial charge in [0, 0.05) is 5.56 Å². The molecule has 0 radical (unpaired) electrons. The number of nitrogens with zero attached hydrogens (tertiary/aromatic N) is 1. The Morgan fingerprint density at radius 1 is 1.00 bits per heavy atom. The Morgan fingerprint density at radius 3 is 2.25 bits per heavy atom. The van der Waals surface area contributed by atoms with E-state index in [0.717, 1.165) is 5.56 Å². The molecule has 0 fully saturated rings. The second-order valence-corrected chi connectivity index (χ2v) is 4.10. The molecule has 2 nitrogen and oxygen atoms in total. The molecule has 0 aromatic heterocycles. The molecule has 2 aromatic carbocycles. The van der Waals surface area contributed by atoms with Gasteiger partial charge in [-0.05, 0) is 23.3 Å². The van der Waals surface area contributed by atoms with Crippen molar-refractivity contribution in [2.75, 3.05) is 0 Å². The van der Waals surface area contributed by atoms with E-state index in [-0.39, 0.29) is 18.0 Å². The quantitative estimate of drug-likeness (QED) is 0.590. The SMILES string of the molecule is Fc1ccc(C=NOCc2ccc(C(F)F)cc2)cc1. The zero-order valence-corrected chi connectivity index (χ0v) is 10.5. The molecule has 2 aromatic rings. The largest absolute Gasteiger partial charge is 0.391 e. The standard InChI is InChI=1S/C15H12F3NO/c16-14-7-3-11(4-8-14)9-19-20-10-12-1-5-13(6-2-12)15(17)18/h1-9,15H,10H2. The first-order valence-corrected chi connectivity index (χ1v) is 5.93. The van der Waals surface area contributed by atoms with Gasteiger partial charge in [-0.3, -0.25) is 0 Å². The Morgan fingerprint density at radius 2 is 1.65 bits per heavy atom. The maximum atomic E-state index is 12.7. The number of alkyl halides is 2. The molecule has 0 atom stereocenters. The van der Waals surface area contributed by atoms with Crippen molar-refractivity contribution in [1.82, 2.24) is 0 Å². The minimum atomic E-state index is -2.47. The van der Waals surface area contributed by atoms with Crippen molar-refractivity contribution in [3.63, 3.8) is 0 Å². The first-order valence-electron chi connectivity index (χ1n) is 5.93. The first-order chi connectivity index (χ1) is 9.65. The molecule has 0 spiro atoms. The van der Waals surface area contributed by atoms with Crippen molar-refractivity contribution < 1.29 is 18.0 Å². The second kappa shape index (κ2) is 6.75. The molecular weight excluding hydrogens is 267 g/mol. The molecule has 0 amide bonds. The number of hydrogen-bond donors (Lipinski definition) is 0. The summed E-state index contributed by atoms with van der Waals surface area (Å²) in [5.41, 5.74) is 1.42. The minimum absolute atomic E-state index is 0.0245. The summed E-state index contributed by atoms with van der Waals surface area (Å²) in [6.07, 6.45) is -1.02. The van der Waals surface area contributed by atoms with Crippen molar-refractivity contribution in [2.45, 2.75) is 13.0 Å². The smallest absolute Gasteiger partial charge is 0.263 e. The molecule has 0 aliphatic rings. The highest BCUT2D eigenvalue weighted by Gasteiger charge is 2.05. The van der Waals surface area contributed by atoms with E-state index in [1.54, 1.807) is 24.3 Å². The van der Waals surface area contributed by atoms with Crippen LogP contribution < -0.4 is 0 Å². The normalized spacial score (nSPS) is 11.2. The molecule has 0 saturated carbocycles. The summed E-state index contributed by atoms with van der Waals surface area (Å²) >= 11 is 0. The van der Waals surface area contributed by atoms with Gasteiger partial charge >= 0.3 is 0 Å². The minimum Gasteiger partial charge on any atom is -0.391 e. The Hall–Kier alpha value is -2.30. The Labute approximate surface area is 114 Å². The lowest BCUT2D eigenvalue weighted by atomic mass is 10.1. The van der Waals surface area contributed by atoms with Gasteiger partial charge in [0.25, 0.3) is 6.43 Å². The van der Waals surface area contributed by atoms with Crippen molar-refractivity contribution >= 4 is 6.21 Å². The van der Waals surface area contributed by atoms with Crippen molar-refractivity contribution in [3.8, 4) is 0 Å². The lowest BCUT2D eigenvalue weighted by molar-refractivity contribution is 0.131. The van der Waals surface area contributed by atoms with E-state index in [1.165, 1.54) is 30.5 Å². The van der Waals surface area contributed by atoms with E-state index in [4.69, 9.17) is 4.84 Å². The van der Waals surface area contributed by atoms with Gasteiger partial charge in [0.2, 0.25) is 0 Å². The summed E-state index contributed by atoms with van der Waals surface area (Å²) < 4.78 is 37.3. The maximum absolute atomic E-state index is 12.7. The van der Waals surface area contributed by atoms with Crippen molar-refractivity contribution in [2.24, 2.45) is 5.16 Å². The van der Waals surface area contributed by atoms with Gasteiger partial charge in [0.15, 0.2) is 0 Å². The Balaban J connectivity index is 1.84. The summed E-state index contributed by atoms with van der Waals surface area (Å²) in [5.74, 6) is -0.317. The zero-order valence-electron chi connectivity index (χ0n) is 10.5. The van der Waals surface area contributed by atoms with Crippen LogP contribution in [0.3, 0.4) is 0 Å². The van der Waals surface area contributed by atoms with Crippen molar-refractivity contribution in [1.29, 1.82) is 0 Å². The van der Waals surface area contributed by atoms with Gasteiger partial charge < -0.3 is 4.84 Å². The summed E-state index contributed by atoms with van der Waals surface area (Å²) in [6.45, 7) is 0.182. The third kappa shape index (κ3) is 4.12. The van der Waals surface area contributed by atoms with Crippen LogP contribution in [0.15, 0.2) is 53.7 Å². The maximum Gasteiger partial charge on any atom is 0.263 e. The number of halogens is 3. The Kier molecular flexibility index (Phi) is 4.76. The van der Waals surface area contributed by atoms with E-state index >= 15 is 0 Å². The molecule has 0 unspecified atom stereocenters. The van der Waals surface area contributed by atoms with Gasteiger partial charge in [0.1, 0.15) is 12.4 Å². The summed E-state index contributed by atoms with van der Waals surface area (Å²) in [6, 6.07) is 11.6. The average molecular weight is 279 g/mol. The summed E-state index contributed by atoms with van der Waals surface area (Å²) in [4.78, 5) is 5.04. The molecule has 20 heavy (non-hydrogen) atoms. The topological polar surface area (TPSA) is 21.6 Å². The van der Waals surface area contributed by atoms with E-state index in [9.17, 15) is 13.2 Å². The van der Waals surface area contributed by atoms with Crippen molar-refractivity contribution in [3.05, 3.63) is 71.0 Å². The summed E-state index contributed by atoms with van der Waals surface area (Å²) in [5, 5.41) is 3.73. The third-order valence-corrected chi connectivity index (χ3v) is 2.61. The van der Waals surface area contributed by atoms with Crippen LogP contribution in [-0.2, 0) is 11.4 Å². The highest BCUT2D eigenvalue weighted by atomic mass is 19.3. The van der Waals surface area contributed by atoms with Gasteiger partial charge in [-0.2, -0.15) is 0 Å². The molecular formula is C15H12F3NO. The molecule has 0 bridgehead atoms. The van der Waals surface area contributed by atoms with Crippen LogP contribution in [0.1, 0.15) is 23.1 Å². The highest BCUT2D eigenvalue weighted by molar-refractivity contribution is 5.78. The lowest BCUT2D eigenvalue weighted by Gasteiger charge is -2.02. The second-order valence-electron chi connectivity index (χ2n) is 4.10. The van der Waals surface area contributed by atoms with Gasteiger partial charge in [0.05, 0.1) is 6.21 Å². The fourth-order valence-corrected chi connectivity index (χ4v) is 1.52. The Bertz CT molecular complexity index is 565. The summed E-state index contributed by atoms with van der Waals surface area (Å²) in [7, 11) is 0. The van der Waals surface area contributed by atoms with Gasteiger partial charge in [-0.25, -0.2) is 13.2 Å². The fraction of sp³-hybridized carbons (Fsp3) is 0.133. The highest BCUT2D eigenvalue weighted by Crippen LogP contribution is 2.18. The molecule has 5 heteroatoms. The monoisotopic (exact) mass is 279 g/mol. The van der Waals surface area contributed by atoms with Crippen LogP contribution in [0.5, 0.6) is 0 Å². The van der Waals surface area contributed by atoms with Crippen LogP contribution in [-0.4, -0.2) is 6.21 Å². The zero-order chi connectivity index (χ0) is 14.4. The van der Waals surface area contributed by atoms with E-state index in [1.807, 2.05) is 0 Å². The van der Waals surface area contributed by atoms with Gasteiger partial charge in [-0.1, -0.05) is 41.6 Å². The first kappa shape index (κ1) is 14.1. The lowest BCUT2D eigenvalue weighted by Crippen LogP contribution is -1.90. The van der Waals surface area contributed by atoms with Crippen LogP contribution >= 0.6 is 0 Å². The molecule has 0 aliphatic carbocycles. The van der Waals surface area contributed by atoms with E-state index < -0.39 is 6.43 Å². The number of benzene rings is 2. The van der Waals surface area contributed by atoms with E-state index in [0.29, 0.717) is 5.56 Å². The fourth-order valence-electron chi connectivity index (χ4n) is 1.52. The van der Waals surface area contributed by atoms with Crippen LogP contribution in [0.4, 0.5) is 13.2 Å². The molecule has 0 heterocycles. The predicted octanol–water partition coefficient (Wildman–Crippen LogP) is 4.31. The van der Waals surface area contributed by atoms with Gasteiger partial charge in [-0.15, -0.1) is 0 Å². The molecule has 0 saturated heterocycles. The van der Waals surface area contributed by atoms with Crippen LogP contribution in [0, 0.1) is 5.82 Å². The number of hydrogen-bond acceptors (Lipinski definition) is 2. The molecule has 2 rings (SSSR count). The number of rotatable bonds is 5.